The number of aliphatic imine (C=N–C) groups is 1. The molecule has 1 aliphatic rings. The van der Waals surface area contributed by atoms with Crippen LogP contribution in [0.25, 0.3) is 0 Å². The molecule has 0 aromatic rings. The maximum atomic E-state index is 11.7. The van der Waals surface area contributed by atoms with Crippen LogP contribution in [-0.4, -0.2) is 30.0 Å². The summed E-state index contributed by atoms with van der Waals surface area (Å²) in [7, 11) is 0. The van der Waals surface area contributed by atoms with Gasteiger partial charge in [0.2, 0.25) is 0 Å². The molecule has 1 rings (SSSR count). The van der Waals surface area contributed by atoms with Crippen molar-refractivity contribution in [1.82, 2.24) is 4.90 Å². The van der Waals surface area contributed by atoms with Crippen LogP contribution >= 0.6 is 0 Å². The Morgan fingerprint density at radius 1 is 1.67 bits per heavy atom. The Morgan fingerprint density at radius 3 is 2.75 bits per heavy atom. The molecule has 0 saturated carbocycles. The molecular weight excluding hydrogens is 171 g/mol. The van der Waals surface area contributed by atoms with Crippen LogP contribution in [0.1, 0.15) is 0 Å². The van der Waals surface area contributed by atoms with E-state index in [4.69, 9.17) is 5.26 Å². The summed E-state index contributed by atoms with van der Waals surface area (Å²) in [6.07, 6.45) is -2.21. The van der Waals surface area contributed by atoms with Crippen molar-refractivity contribution in [2.75, 3.05) is 6.54 Å². The van der Waals surface area contributed by atoms with Crippen LogP contribution in [-0.2, 0) is 0 Å². The molecule has 1 atom stereocenters. The highest BCUT2D eigenvalue weighted by Crippen LogP contribution is 2.19. The first-order valence-electron chi connectivity index (χ1n) is 3.05. The standard InChI is InChI=1S/C6H4F3N3/c7-6(8,9)3-12-2-5(1-10)11-4-12/h2,5H,3H2. The Labute approximate surface area is 67.1 Å². The summed E-state index contributed by atoms with van der Waals surface area (Å²) >= 11 is 0. The second kappa shape index (κ2) is 3.01. The van der Waals surface area contributed by atoms with Crippen molar-refractivity contribution in [2.24, 2.45) is 4.99 Å². The zero-order valence-corrected chi connectivity index (χ0v) is 5.84. The number of nitriles is 1. The average Bonchev–Trinajstić information content (AvgIpc) is 2.32. The lowest BCUT2D eigenvalue weighted by atomic mass is 10.3. The second-order valence-corrected chi connectivity index (χ2v) is 2.20. The van der Waals surface area contributed by atoms with Gasteiger partial charge in [-0.3, -0.25) is 0 Å². The van der Waals surface area contributed by atoms with Gasteiger partial charge in [-0.05, 0) is 0 Å². The number of hydrogen-bond donors (Lipinski definition) is 0. The number of nitrogens with zero attached hydrogens (tertiary/aromatic N) is 3. The van der Waals surface area contributed by atoms with Crippen molar-refractivity contribution in [3.63, 3.8) is 0 Å². The fraction of sp³-hybridized carbons (Fsp3) is 0.500. The molecular formula is C6H4F3N3. The van der Waals surface area contributed by atoms with Gasteiger partial charge >= 0.3 is 6.18 Å². The third-order valence-electron chi connectivity index (χ3n) is 1.13. The van der Waals surface area contributed by atoms with E-state index >= 15 is 0 Å². The van der Waals surface area contributed by atoms with Crippen molar-refractivity contribution in [1.29, 1.82) is 5.26 Å². The Bertz CT molecular complexity index is 227. The van der Waals surface area contributed by atoms with Crippen molar-refractivity contribution >= 4 is 6.34 Å². The van der Waals surface area contributed by atoms with E-state index in [2.05, 4.69) is 11.3 Å². The molecule has 0 spiro atoms. The fourth-order valence-corrected chi connectivity index (χ4v) is 0.717. The lowest BCUT2D eigenvalue weighted by molar-refractivity contribution is -0.134. The summed E-state index contributed by atoms with van der Waals surface area (Å²) in [6, 6.07) is 0.859. The molecule has 0 fully saturated rings. The molecule has 2 radical (unpaired) electrons. The van der Waals surface area contributed by atoms with Crippen LogP contribution < -0.4 is 0 Å². The van der Waals surface area contributed by atoms with Crippen molar-refractivity contribution < 1.29 is 13.2 Å². The SMILES string of the molecule is N#CC1[CH]N(CC(F)(F)F)[C]=N1. The lowest BCUT2D eigenvalue weighted by Gasteiger charge is -2.14. The van der Waals surface area contributed by atoms with Gasteiger partial charge in [0, 0.05) is 0 Å². The summed E-state index contributed by atoms with van der Waals surface area (Å²) in [4.78, 5) is 4.11. The summed E-state index contributed by atoms with van der Waals surface area (Å²) < 4.78 is 35.1. The zero-order chi connectivity index (χ0) is 9.19. The lowest BCUT2D eigenvalue weighted by Crippen LogP contribution is -2.30. The molecule has 1 heterocycles. The maximum absolute atomic E-state index is 11.7. The molecule has 12 heavy (non-hydrogen) atoms. The molecule has 0 aromatic carbocycles. The van der Waals surface area contributed by atoms with E-state index in [1.54, 1.807) is 6.07 Å². The van der Waals surface area contributed by atoms with Crippen molar-refractivity contribution in [2.45, 2.75) is 12.2 Å². The largest absolute Gasteiger partial charge is 0.405 e. The number of alkyl halides is 3. The van der Waals surface area contributed by atoms with Crippen LogP contribution in [0.4, 0.5) is 13.2 Å². The van der Waals surface area contributed by atoms with E-state index in [0.29, 0.717) is 0 Å². The van der Waals surface area contributed by atoms with Crippen LogP contribution in [0.5, 0.6) is 0 Å². The third kappa shape index (κ3) is 2.42. The van der Waals surface area contributed by atoms with E-state index < -0.39 is 18.8 Å². The Hall–Kier alpha value is -1.25. The molecule has 0 amide bonds. The smallest absolute Gasteiger partial charge is 0.336 e. The second-order valence-electron chi connectivity index (χ2n) is 2.20. The average molecular weight is 175 g/mol. The molecule has 0 aromatic heterocycles. The van der Waals surface area contributed by atoms with Gasteiger partial charge in [-0.1, -0.05) is 0 Å². The van der Waals surface area contributed by atoms with E-state index in [0.717, 1.165) is 11.4 Å². The van der Waals surface area contributed by atoms with Gasteiger partial charge in [-0.25, -0.2) is 4.99 Å². The van der Waals surface area contributed by atoms with Gasteiger partial charge in [0.1, 0.15) is 6.54 Å². The van der Waals surface area contributed by atoms with E-state index in [1.165, 1.54) is 0 Å². The number of hydrogen-bond acceptors (Lipinski definition) is 3. The predicted molar refractivity (Wildman–Crippen MR) is 33.9 cm³/mol. The van der Waals surface area contributed by atoms with Gasteiger partial charge in [-0.15, -0.1) is 0 Å². The van der Waals surface area contributed by atoms with Crippen LogP contribution in [0, 0.1) is 17.9 Å². The quantitative estimate of drug-likeness (QED) is 0.591. The molecule has 0 N–H and O–H groups in total. The van der Waals surface area contributed by atoms with Gasteiger partial charge in [0.15, 0.2) is 12.4 Å². The normalized spacial score (nSPS) is 22.8. The first-order valence-corrected chi connectivity index (χ1v) is 3.05. The van der Waals surface area contributed by atoms with Gasteiger partial charge in [0.05, 0.1) is 12.6 Å². The highest BCUT2D eigenvalue weighted by Gasteiger charge is 2.33. The minimum atomic E-state index is -4.29. The summed E-state index contributed by atoms with van der Waals surface area (Å²) in [5.74, 6) is 0. The molecule has 64 valence electrons. The first-order chi connectivity index (χ1) is 5.51. The van der Waals surface area contributed by atoms with E-state index in [1.807, 2.05) is 0 Å². The van der Waals surface area contributed by atoms with E-state index in [-0.39, 0.29) is 0 Å². The van der Waals surface area contributed by atoms with E-state index in [9.17, 15) is 13.2 Å². The highest BCUT2D eigenvalue weighted by molar-refractivity contribution is 5.60. The molecule has 3 nitrogen and oxygen atoms in total. The molecule has 6 heteroatoms. The van der Waals surface area contributed by atoms with Crippen LogP contribution in [0.2, 0.25) is 0 Å². The van der Waals surface area contributed by atoms with Gasteiger partial charge in [0.25, 0.3) is 0 Å². The molecule has 0 bridgehead atoms. The zero-order valence-electron chi connectivity index (χ0n) is 5.84. The topological polar surface area (TPSA) is 39.4 Å². The third-order valence-corrected chi connectivity index (χ3v) is 1.13. The molecule has 0 saturated heterocycles. The fourth-order valence-electron chi connectivity index (χ4n) is 0.717. The maximum Gasteiger partial charge on any atom is 0.405 e. The monoisotopic (exact) mass is 175 g/mol. The Balaban J connectivity index is 2.41. The van der Waals surface area contributed by atoms with Crippen molar-refractivity contribution in [3.05, 3.63) is 6.54 Å². The number of rotatable bonds is 1. The molecule has 1 aliphatic heterocycles. The minimum absolute atomic E-state index is 0.730. The summed E-state index contributed by atoms with van der Waals surface area (Å²) in [5.41, 5.74) is 0. The molecule has 1 unspecified atom stereocenters. The predicted octanol–water partition coefficient (Wildman–Crippen LogP) is 0.824. The summed E-state index contributed by atoms with van der Waals surface area (Å²) in [6.45, 7) is -0.0673. The van der Waals surface area contributed by atoms with Gasteiger partial charge in [-0.2, -0.15) is 18.4 Å². The van der Waals surface area contributed by atoms with Crippen LogP contribution in [0.15, 0.2) is 4.99 Å². The Kier molecular flexibility index (Phi) is 2.22. The summed E-state index contributed by atoms with van der Waals surface area (Å²) in [5, 5.41) is 8.26. The Morgan fingerprint density at radius 2 is 2.33 bits per heavy atom. The number of halogens is 3. The first kappa shape index (κ1) is 8.84. The minimum Gasteiger partial charge on any atom is -0.336 e. The van der Waals surface area contributed by atoms with Crippen LogP contribution in [0.3, 0.4) is 0 Å². The molecule has 0 aliphatic carbocycles. The van der Waals surface area contributed by atoms with Gasteiger partial charge < -0.3 is 4.90 Å². The highest BCUT2D eigenvalue weighted by atomic mass is 19.4. The van der Waals surface area contributed by atoms with Crippen molar-refractivity contribution in [3.8, 4) is 6.07 Å².